The van der Waals surface area contributed by atoms with Crippen molar-refractivity contribution >= 4 is 12.0 Å². The second kappa shape index (κ2) is 5.99. The van der Waals surface area contributed by atoms with Crippen LogP contribution in [0.1, 0.15) is 33.6 Å². The van der Waals surface area contributed by atoms with Crippen molar-refractivity contribution in [3.63, 3.8) is 0 Å². The summed E-state index contributed by atoms with van der Waals surface area (Å²) in [5.41, 5.74) is -0.483. The molecule has 0 aromatic rings. The molecule has 0 bridgehead atoms. The first-order valence-electron chi connectivity index (χ1n) is 7.35. The topological polar surface area (TPSA) is 61.9 Å². The minimum Gasteiger partial charge on any atom is -0.444 e. The Balaban J connectivity index is 1.97. The lowest BCUT2D eigenvalue weighted by Crippen LogP contribution is -2.60. The number of rotatable bonds is 0. The molecule has 2 amide bonds. The molecule has 6 heteroatoms. The van der Waals surface area contributed by atoms with E-state index in [9.17, 15) is 9.59 Å². The van der Waals surface area contributed by atoms with Gasteiger partial charge in [-0.25, -0.2) is 4.79 Å². The van der Waals surface area contributed by atoms with E-state index >= 15 is 0 Å². The van der Waals surface area contributed by atoms with Crippen molar-refractivity contribution < 1.29 is 14.3 Å². The Labute approximate surface area is 120 Å². The van der Waals surface area contributed by atoms with Gasteiger partial charge in [0, 0.05) is 32.6 Å². The lowest BCUT2D eigenvalue weighted by atomic mass is 10.1. The molecule has 2 fully saturated rings. The molecule has 0 saturated carbocycles. The lowest BCUT2D eigenvalue weighted by molar-refractivity contribution is -0.136. The van der Waals surface area contributed by atoms with Gasteiger partial charge in [-0.05, 0) is 33.7 Å². The Kier molecular flexibility index (Phi) is 4.52. The molecule has 1 atom stereocenters. The highest BCUT2D eigenvalue weighted by molar-refractivity contribution is 5.77. The predicted molar refractivity (Wildman–Crippen MR) is 75.4 cm³/mol. The van der Waals surface area contributed by atoms with Gasteiger partial charge in [-0.15, -0.1) is 0 Å². The van der Waals surface area contributed by atoms with Crippen molar-refractivity contribution in [1.29, 1.82) is 0 Å². The second-order valence-corrected chi connectivity index (χ2v) is 6.47. The van der Waals surface area contributed by atoms with Crippen molar-refractivity contribution in [3.05, 3.63) is 0 Å². The van der Waals surface area contributed by atoms with Crippen LogP contribution in [-0.4, -0.2) is 66.2 Å². The molecular weight excluding hydrogens is 258 g/mol. The van der Waals surface area contributed by atoms with E-state index in [4.69, 9.17) is 4.74 Å². The highest BCUT2D eigenvalue weighted by Crippen LogP contribution is 2.16. The summed E-state index contributed by atoms with van der Waals surface area (Å²) >= 11 is 0. The quantitative estimate of drug-likeness (QED) is 0.715. The van der Waals surface area contributed by atoms with Crippen LogP contribution in [0.15, 0.2) is 0 Å². The fourth-order valence-corrected chi connectivity index (χ4v) is 2.63. The van der Waals surface area contributed by atoms with Crippen molar-refractivity contribution in [3.8, 4) is 0 Å². The fraction of sp³-hybridized carbons (Fsp3) is 0.857. The van der Waals surface area contributed by atoms with Gasteiger partial charge in [0.2, 0.25) is 5.91 Å². The standard InChI is InChI=1S/C14H25N3O3/c1-14(2,3)20-13(19)16-7-8-17-11(10-16)9-15-6-4-5-12(17)18/h11,15H,4-10H2,1-3H3. The minimum atomic E-state index is -0.483. The monoisotopic (exact) mass is 283 g/mol. The first-order valence-corrected chi connectivity index (χ1v) is 7.35. The van der Waals surface area contributed by atoms with Crippen LogP contribution < -0.4 is 5.32 Å². The van der Waals surface area contributed by atoms with E-state index in [2.05, 4.69) is 5.32 Å². The molecule has 114 valence electrons. The van der Waals surface area contributed by atoms with Gasteiger partial charge in [0.05, 0.1) is 6.04 Å². The van der Waals surface area contributed by atoms with Crippen LogP contribution in [0, 0.1) is 0 Å². The van der Waals surface area contributed by atoms with E-state index in [1.165, 1.54) is 0 Å². The number of piperazine rings is 1. The zero-order valence-corrected chi connectivity index (χ0v) is 12.6. The van der Waals surface area contributed by atoms with Crippen LogP contribution in [0.3, 0.4) is 0 Å². The second-order valence-electron chi connectivity index (χ2n) is 6.47. The normalized spacial score (nSPS) is 24.8. The summed E-state index contributed by atoms with van der Waals surface area (Å²) in [6.45, 7) is 8.90. The van der Waals surface area contributed by atoms with E-state index in [-0.39, 0.29) is 18.0 Å². The van der Waals surface area contributed by atoms with E-state index in [0.717, 1.165) is 19.5 Å². The molecule has 6 nitrogen and oxygen atoms in total. The molecule has 0 aromatic heterocycles. The van der Waals surface area contributed by atoms with Gasteiger partial charge in [-0.1, -0.05) is 0 Å². The Morgan fingerprint density at radius 1 is 1.35 bits per heavy atom. The molecule has 20 heavy (non-hydrogen) atoms. The Hall–Kier alpha value is -1.30. The molecule has 1 unspecified atom stereocenters. The average Bonchev–Trinajstić information content (AvgIpc) is 2.33. The van der Waals surface area contributed by atoms with Gasteiger partial charge in [0.1, 0.15) is 5.60 Å². The van der Waals surface area contributed by atoms with Gasteiger partial charge in [0.15, 0.2) is 0 Å². The maximum absolute atomic E-state index is 12.1. The van der Waals surface area contributed by atoms with Gasteiger partial charge in [-0.2, -0.15) is 0 Å². The molecule has 0 radical (unpaired) electrons. The summed E-state index contributed by atoms with van der Waals surface area (Å²) in [5.74, 6) is 0.209. The number of hydrogen-bond acceptors (Lipinski definition) is 4. The fourth-order valence-electron chi connectivity index (χ4n) is 2.63. The zero-order valence-electron chi connectivity index (χ0n) is 12.6. The number of ether oxygens (including phenoxy) is 1. The van der Waals surface area contributed by atoms with Crippen LogP contribution in [-0.2, 0) is 9.53 Å². The van der Waals surface area contributed by atoms with Crippen molar-refractivity contribution in [2.45, 2.75) is 45.3 Å². The van der Waals surface area contributed by atoms with Crippen molar-refractivity contribution in [1.82, 2.24) is 15.1 Å². The van der Waals surface area contributed by atoms with Crippen molar-refractivity contribution in [2.75, 3.05) is 32.7 Å². The first kappa shape index (κ1) is 15.1. The summed E-state index contributed by atoms with van der Waals surface area (Å²) in [7, 11) is 0. The number of nitrogens with zero attached hydrogens (tertiary/aromatic N) is 2. The van der Waals surface area contributed by atoms with Gasteiger partial charge in [0.25, 0.3) is 0 Å². The molecule has 1 N–H and O–H groups in total. The maximum Gasteiger partial charge on any atom is 0.410 e. The minimum absolute atomic E-state index is 0.0593. The zero-order chi connectivity index (χ0) is 14.8. The van der Waals surface area contributed by atoms with Gasteiger partial charge in [-0.3, -0.25) is 4.79 Å². The third-order valence-electron chi connectivity index (χ3n) is 3.58. The summed E-state index contributed by atoms with van der Waals surface area (Å²) in [4.78, 5) is 27.8. The largest absolute Gasteiger partial charge is 0.444 e. The summed E-state index contributed by atoms with van der Waals surface area (Å²) in [5, 5.41) is 3.34. The van der Waals surface area contributed by atoms with E-state index in [0.29, 0.717) is 26.1 Å². The smallest absolute Gasteiger partial charge is 0.410 e. The highest BCUT2D eigenvalue weighted by atomic mass is 16.6. The summed E-state index contributed by atoms with van der Waals surface area (Å²) in [6, 6.07) is 0.0593. The predicted octanol–water partition coefficient (Wildman–Crippen LogP) is 0.818. The number of amides is 2. The number of carbonyl (C=O) groups is 2. The number of nitrogens with one attached hydrogen (secondary N) is 1. The molecular formula is C14H25N3O3. The van der Waals surface area contributed by atoms with Gasteiger partial charge < -0.3 is 19.9 Å². The van der Waals surface area contributed by atoms with Gasteiger partial charge >= 0.3 is 6.09 Å². The third kappa shape index (κ3) is 3.85. The Bertz CT molecular complexity index is 378. The van der Waals surface area contributed by atoms with Crippen LogP contribution in [0.4, 0.5) is 4.79 Å². The van der Waals surface area contributed by atoms with Crippen LogP contribution in [0.5, 0.6) is 0 Å². The van der Waals surface area contributed by atoms with Crippen LogP contribution >= 0.6 is 0 Å². The van der Waals surface area contributed by atoms with Crippen molar-refractivity contribution in [2.24, 2.45) is 0 Å². The average molecular weight is 283 g/mol. The molecule has 0 aromatic carbocycles. The van der Waals surface area contributed by atoms with Crippen LogP contribution in [0.25, 0.3) is 0 Å². The lowest BCUT2D eigenvalue weighted by Gasteiger charge is -2.42. The Morgan fingerprint density at radius 2 is 2.10 bits per heavy atom. The van der Waals surface area contributed by atoms with E-state index in [1.807, 2.05) is 25.7 Å². The highest BCUT2D eigenvalue weighted by Gasteiger charge is 2.34. The molecule has 2 heterocycles. The third-order valence-corrected chi connectivity index (χ3v) is 3.58. The van der Waals surface area contributed by atoms with E-state index < -0.39 is 5.60 Å². The SMILES string of the molecule is CC(C)(C)OC(=O)N1CCN2C(=O)CCCNCC2C1. The molecule has 2 rings (SSSR count). The Morgan fingerprint density at radius 3 is 2.80 bits per heavy atom. The summed E-state index contributed by atoms with van der Waals surface area (Å²) in [6.07, 6.45) is 1.19. The molecule has 0 spiro atoms. The van der Waals surface area contributed by atoms with E-state index in [1.54, 1.807) is 4.90 Å². The summed E-state index contributed by atoms with van der Waals surface area (Å²) < 4.78 is 5.40. The number of hydrogen-bond donors (Lipinski definition) is 1. The molecule has 2 aliphatic rings. The molecule has 0 aliphatic carbocycles. The molecule has 2 saturated heterocycles. The van der Waals surface area contributed by atoms with Crippen LogP contribution in [0.2, 0.25) is 0 Å². The number of carbonyl (C=O) groups excluding carboxylic acids is 2. The maximum atomic E-state index is 12.1. The first-order chi connectivity index (χ1) is 9.37. The number of fused-ring (bicyclic) bond motifs is 1. The molecule has 2 aliphatic heterocycles.